The molecule has 1 aliphatic rings. The Kier molecular flexibility index (Phi) is 3.28. The van der Waals surface area contributed by atoms with Crippen molar-refractivity contribution in [3.63, 3.8) is 0 Å². The fourth-order valence-electron chi connectivity index (χ4n) is 1.62. The largest absolute Gasteiger partial charge is 0.372 e. The molecule has 1 aromatic rings. The van der Waals surface area contributed by atoms with Gasteiger partial charge in [0.05, 0.1) is 12.7 Å². The first kappa shape index (κ1) is 10.5. The van der Waals surface area contributed by atoms with Crippen LogP contribution in [0.1, 0.15) is 12.0 Å². The van der Waals surface area contributed by atoms with Gasteiger partial charge in [-0.25, -0.2) is 8.78 Å². The Bertz CT molecular complexity index is 337. The molecule has 2 rings (SSSR count). The number of rotatable bonds is 3. The summed E-state index contributed by atoms with van der Waals surface area (Å²) in [6.45, 7) is 1.96. The highest BCUT2D eigenvalue weighted by Crippen LogP contribution is 2.13. The molecule has 1 atom stereocenters. The fraction of sp³-hybridized carbons (Fsp3) is 0.455. The lowest BCUT2D eigenvalue weighted by Crippen LogP contribution is -2.16. The van der Waals surface area contributed by atoms with E-state index < -0.39 is 11.6 Å². The number of hydrogen-bond acceptors (Lipinski definition) is 2. The monoisotopic (exact) mass is 213 g/mol. The van der Waals surface area contributed by atoms with E-state index in [0.717, 1.165) is 25.6 Å². The van der Waals surface area contributed by atoms with Crippen molar-refractivity contribution >= 4 is 0 Å². The predicted molar refractivity (Wildman–Crippen MR) is 52.4 cm³/mol. The van der Waals surface area contributed by atoms with E-state index in [1.807, 2.05) is 0 Å². The minimum Gasteiger partial charge on any atom is -0.372 e. The van der Waals surface area contributed by atoms with Crippen LogP contribution in [0.2, 0.25) is 0 Å². The maximum absolute atomic E-state index is 13.2. The maximum atomic E-state index is 13.2. The molecular formula is C11H13F2NO. The van der Waals surface area contributed by atoms with Crippen molar-refractivity contribution in [1.82, 2.24) is 5.32 Å². The average Bonchev–Trinajstić information content (AvgIpc) is 2.69. The Labute approximate surface area is 87.2 Å². The normalized spacial score (nSPS) is 20.8. The molecule has 1 aromatic carbocycles. The average molecular weight is 213 g/mol. The van der Waals surface area contributed by atoms with Crippen LogP contribution in [-0.2, 0) is 11.3 Å². The summed E-state index contributed by atoms with van der Waals surface area (Å²) < 4.78 is 31.3. The van der Waals surface area contributed by atoms with E-state index in [2.05, 4.69) is 5.32 Å². The molecule has 1 aliphatic heterocycles. The molecule has 0 bridgehead atoms. The van der Waals surface area contributed by atoms with Gasteiger partial charge >= 0.3 is 0 Å². The molecule has 1 heterocycles. The second-order valence-electron chi connectivity index (χ2n) is 3.66. The van der Waals surface area contributed by atoms with E-state index >= 15 is 0 Å². The number of ether oxygens (including phenoxy) is 1. The van der Waals surface area contributed by atoms with E-state index in [1.54, 1.807) is 0 Å². The third kappa shape index (κ3) is 2.73. The summed E-state index contributed by atoms with van der Waals surface area (Å²) in [7, 11) is 0. The number of nitrogens with one attached hydrogen (secondary N) is 1. The van der Waals surface area contributed by atoms with Crippen molar-refractivity contribution in [3.8, 4) is 0 Å². The second kappa shape index (κ2) is 4.68. The summed E-state index contributed by atoms with van der Waals surface area (Å²) in [6, 6.07) is 3.55. The van der Waals surface area contributed by atoms with Crippen molar-refractivity contribution in [2.75, 3.05) is 13.1 Å². The summed E-state index contributed by atoms with van der Waals surface area (Å²) in [5.74, 6) is -1.10. The molecule has 4 heteroatoms. The van der Waals surface area contributed by atoms with Gasteiger partial charge in [0.1, 0.15) is 11.6 Å². The van der Waals surface area contributed by atoms with E-state index in [1.165, 1.54) is 12.1 Å². The van der Waals surface area contributed by atoms with E-state index in [4.69, 9.17) is 4.74 Å². The molecule has 0 unspecified atom stereocenters. The third-order valence-corrected chi connectivity index (χ3v) is 2.50. The van der Waals surface area contributed by atoms with Gasteiger partial charge < -0.3 is 10.1 Å². The van der Waals surface area contributed by atoms with Gasteiger partial charge in [0, 0.05) is 18.2 Å². The van der Waals surface area contributed by atoms with Crippen LogP contribution in [-0.4, -0.2) is 19.2 Å². The van der Waals surface area contributed by atoms with E-state index in [9.17, 15) is 8.78 Å². The zero-order chi connectivity index (χ0) is 10.7. The van der Waals surface area contributed by atoms with E-state index in [0.29, 0.717) is 5.56 Å². The lowest BCUT2D eigenvalue weighted by molar-refractivity contribution is 0.0525. The molecule has 0 radical (unpaired) electrons. The number of hydrogen-bond donors (Lipinski definition) is 1. The topological polar surface area (TPSA) is 21.3 Å². The van der Waals surface area contributed by atoms with Gasteiger partial charge in [0.25, 0.3) is 0 Å². The van der Waals surface area contributed by atoms with Crippen LogP contribution in [0, 0.1) is 11.6 Å². The highest BCUT2D eigenvalue weighted by Gasteiger charge is 2.15. The Balaban J connectivity index is 1.92. The standard InChI is InChI=1S/C11H13F2NO/c12-9-2-1-8(11(13)5-9)7-15-10-3-4-14-6-10/h1-2,5,10,14H,3-4,6-7H2/t10-/m1/s1. The summed E-state index contributed by atoms with van der Waals surface area (Å²) in [4.78, 5) is 0. The molecule has 2 nitrogen and oxygen atoms in total. The van der Waals surface area contributed by atoms with Crippen LogP contribution < -0.4 is 5.32 Å². The van der Waals surface area contributed by atoms with Crippen LogP contribution in [0.25, 0.3) is 0 Å². The smallest absolute Gasteiger partial charge is 0.131 e. The molecule has 0 amide bonds. The highest BCUT2D eigenvalue weighted by molar-refractivity contribution is 5.17. The predicted octanol–water partition coefficient (Wildman–Crippen LogP) is 1.84. The van der Waals surface area contributed by atoms with Crippen molar-refractivity contribution in [1.29, 1.82) is 0 Å². The first-order chi connectivity index (χ1) is 7.25. The van der Waals surface area contributed by atoms with Crippen LogP contribution in [0.5, 0.6) is 0 Å². The van der Waals surface area contributed by atoms with Crippen LogP contribution in [0.4, 0.5) is 8.78 Å². The zero-order valence-electron chi connectivity index (χ0n) is 8.30. The van der Waals surface area contributed by atoms with Crippen LogP contribution in [0.3, 0.4) is 0 Å². The Morgan fingerprint density at radius 2 is 2.27 bits per heavy atom. The Morgan fingerprint density at radius 3 is 2.93 bits per heavy atom. The summed E-state index contributed by atoms with van der Waals surface area (Å²) >= 11 is 0. The Hall–Kier alpha value is -1.00. The van der Waals surface area contributed by atoms with Crippen molar-refractivity contribution in [3.05, 3.63) is 35.4 Å². The molecule has 82 valence electrons. The highest BCUT2D eigenvalue weighted by atomic mass is 19.1. The first-order valence-corrected chi connectivity index (χ1v) is 5.02. The minimum absolute atomic E-state index is 0.148. The summed E-state index contributed by atoms with van der Waals surface area (Å²) in [5.41, 5.74) is 0.406. The number of halogens is 2. The molecular weight excluding hydrogens is 200 g/mol. The van der Waals surface area contributed by atoms with Gasteiger partial charge in [-0.05, 0) is 19.0 Å². The quantitative estimate of drug-likeness (QED) is 0.827. The maximum Gasteiger partial charge on any atom is 0.131 e. The van der Waals surface area contributed by atoms with Crippen LogP contribution in [0.15, 0.2) is 18.2 Å². The van der Waals surface area contributed by atoms with Gasteiger partial charge in [-0.3, -0.25) is 0 Å². The lowest BCUT2D eigenvalue weighted by atomic mass is 10.2. The molecule has 1 saturated heterocycles. The van der Waals surface area contributed by atoms with Gasteiger partial charge in [-0.15, -0.1) is 0 Å². The fourth-order valence-corrected chi connectivity index (χ4v) is 1.62. The van der Waals surface area contributed by atoms with Crippen molar-refractivity contribution in [2.24, 2.45) is 0 Å². The molecule has 0 saturated carbocycles. The lowest BCUT2D eigenvalue weighted by Gasteiger charge is -2.10. The molecule has 0 aromatic heterocycles. The van der Waals surface area contributed by atoms with Gasteiger partial charge in [0.15, 0.2) is 0 Å². The molecule has 1 fully saturated rings. The first-order valence-electron chi connectivity index (χ1n) is 5.02. The SMILES string of the molecule is Fc1ccc(CO[C@@H]2CCNC2)c(F)c1. The van der Waals surface area contributed by atoms with Gasteiger partial charge in [-0.2, -0.15) is 0 Å². The molecule has 0 spiro atoms. The van der Waals surface area contributed by atoms with Gasteiger partial charge in [0.2, 0.25) is 0 Å². The van der Waals surface area contributed by atoms with Crippen molar-refractivity contribution < 1.29 is 13.5 Å². The van der Waals surface area contributed by atoms with Crippen molar-refractivity contribution in [2.45, 2.75) is 19.1 Å². The Morgan fingerprint density at radius 1 is 1.40 bits per heavy atom. The summed E-state index contributed by atoms with van der Waals surface area (Å²) in [6.07, 6.45) is 1.09. The summed E-state index contributed by atoms with van der Waals surface area (Å²) in [5, 5.41) is 3.15. The minimum atomic E-state index is -0.557. The van der Waals surface area contributed by atoms with Gasteiger partial charge in [-0.1, -0.05) is 6.07 Å². The molecule has 15 heavy (non-hydrogen) atoms. The second-order valence-corrected chi connectivity index (χ2v) is 3.66. The van der Waals surface area contributed by atoms with E-state index in [-0.39, 0.29) is 12.7 Å². The molecule has 0 aliphatic carbocycles. The van der Waals surface area contributed by atoms with Crippen LogP contribution >= 0.6 is 0 Å². The zero-order valence-corrected chi connectivity index (χ0v) is 8.30. The number of benzene rings is 1. The third-order valence-electron chi connectivity index (χ3n) is 2.50. The molecule has 1 N–H and O–H groups in total.